The van der Waals surface area contributed by atoms with Crippen molar-refractivity contribution in [1.82, 2.24) is 4.90 Å². The van der Waals surface area contributed by atoms with E-state index in [1.807, 2.05) is 42.8 Å². The maximum Gasteiger partial charge on any atom is 0.186 e. The van der Waals surface area contributed by atoms with Gasteiger partial charge in [-0.2, -0.15) is 0 Å². The molecule has 1 heterocycles. The van der Waals surface area contributed by atoms with Gasteiger partial charge in [-0.3, -0.25) is 9.69 Å². The normalized spacial score (nSPS) is 12.4. The van der Waals surface area contributed by atoms with Gasteiger partial charge in [0.1, 0.15) is 5.75 Å². The van der Waals surface area contributed by atoms with Gasteiger partial charge in [0.2, 0.25) is 0 Å². The summed E-state index contributed by atoms with van der Waals surface area (Å²) in [6.45, 7) is 2.57. The van der Waals surface area contributed by atoms with E-state index in [0.717, 1.165) is 17.0 Å². The molecule has 0 radical (unpaired) electrons. The Bertz CT molecular complexity index is 580. The van der Waals surface area contributed by atoms with Gasteiger partial charge in [0, 0.05) is 6.04 Å². The van der Waals surface area contributed by atoms with E-state index in [9.17, 15) is 4.79 Å². The van der Waals surface area contributed by atoms with Crippen molar-refractivity contribution in [3.05, 3.63) is 52.2 Å². The molecule has 0 aliphatic carbocycles. The second-order valence-corrected chi connectivity index (χ2v) is 6.13. The lowest BCUT2D eigenvalue weighted by molar-refractivity contribution is 0.0928. The zero-order valence-electron chi connectivity index (χ0n) is 12.7. The molecule has 0 saturated heterocycles. The Morgan fingerprint density at radius 3 is 2.71 bits per heavy atom. The smallest absolute Gasteiger partial charge is 0.186 e. The highest BCUT2D eigenvalue weighted by atomic mass is 32.1. The largest absolute Gasteiger partial charge is 0.496 e. The molecule has 0 saturated carbocycles. The summed E-state index contributed by atoms with van der Waals surface area (Å²) >= 11 is 1.50. The number of thiophene rings is 1. The minimum atomic E-state index is 0.180. The third-order valence-corrected chi connectivity index (χ3v) is 4.56. The van der Waals surface area contributed by atoms with Gasteiger partial charge in [-0.1, -0.05) is 24.3 Å². The van der Waals surface area contributed by atoms with Crippen LogP contribution in [0.5, 0.6) is 5.75 Å². The molecule has 0 aliphatic heterocycles. The standard InChI is InChI=1S/C17H21NO2S/c1-13(11-14-7-4-5-8-16(14)20-3)18(2)12-15(19)17-9-6-10-21-17/h4-10,13H,11-12H2,1-3H3. The van der Waals surface area contributed by atoms with Gasteiger partial charge >= 0.3 is 0 Å². The third kappa shape index (κ3) is 4.16. The molecule has 3 nitrogen and oxygen atoms in total. The maximum absolute atomic E-state index is 12.1. The Hall–Kier alpha value is -1.65. The quantitative estimate of drug-likeness (QED) is 0.733. The molecule has 0 amide bonds. The summed E-state index contributed by atoms with van der Waals surface area (Å²) < 4.78 is 5.38. The van der Waals surface area contributed by atoms with E-state index in [1.165, 1.54) is 16.9 Å². The van der Waals surface area contributed by atoms with Crippen molar-refractivity contribution >= 4 is 17.1 Å². The predicted molar refractivity (Wildman–Crippen MR) is 87.4 cm³/mol. The number of benzene rings is 1. The van der Waals surface area contributed by atoms with Crippen LogP contribution in [-0.4, -0.2) is 37.4 Å². The first-order valence-corrected chi connectivity index (χ1v) is 7.88. The Morgan fingerprint density at radius 2 is 2.05 bits per heavy atom. The molecule has 0 spiro atoms. The van der Waals surface area contributed by atoms with Gasteiger partial charge in [-0.05, 0) is 43.5 Å². The average Bonchev–Trinajstić information content (AvgIpc) is 3.02. The van der Waals surface area contributed by atoms with Crippen molar-refractivity contribution in [2.75, 3.05) is 20.7 Å². The summed E-state index contributed by atoms with van der Waals surface area (Å²) in [6.07, 6.45) is 0.859. The second kappa shape index (κ2) is 7.38. The van der Waals surface area contributed by atoms with Crippen molar-refractivity contribution in [1.29, 1.82) is 0 Å². The minimum absolute atomic E-state index is 0.180. The highest BCUT2D eigenvalue weighted by Crippen LogP contribution is 2.20. The summed E-state index contributed by atoms with van der Waals surface area (Å²) in [5.74, 6) is 1.08. The van der Waals surface area contributed by atoms with Crippen LogP contribution in [0.2, 0.25) is 0 Å². The summed E-state index contributed by atoms with van der Waals surface area (Å²) in [5.41, 5.74) is 1.17. The second-order valence-electron chi connectivity index (χ2n) is 5.18. The number of ketones is 1. The first kappa shape index (κ1) is 15.7. The van der Waals surface area contributed by atoms with E-state index < -0.39 is 0 Å². The summed E-state index contributed by atoms with van der Waals surface area (Å²) in [5, 5.41) is 1.94. The number of ether oxygens (including phenoxy) is 1. The van der Waals surface area contributed by atoms with Gasteiger partial charge in [0.25, 0.3) is 0 Å². The molecule has 0 bridgehead atoms. The van der Waals surface area contributed by atoms with Gasteiger partial charge in [-0.25, -0.2) is 0 Å². The number of Topliss-reactive ketones (excluding diaryl/α,β-unsaturated/α-hetero) is 1. The number of nitrogens with zero attached hydrogens (tertiary/aromatic N) is 1. The Labute approximate surface area is 130 Å². The number of hydrogen-bond donors (Lipinski definition) is 0. The summed E-state index contributed by atoms with van der Waals surface area (Å²) in [4.78, 5) is 15.1. The highest BCUT2D eigenvalue weighted by Gasteiger charge is 2.16. The van der Waals surface area contributed by atoms with Crippen LogP contribution in [0.15, 0.2) is 41.8 Å². The molecular formula is C17H21NO2S. The summed E-state index contributed by atoms with van der Waals surface area (Å²) in [7, 11) is 3.68. The van der Waals surface area contributed by atoms with Crippen LogP contribution >= 0.6 is 11.3 Å². The van der Waals surface area contributed by atoms with Crippen molar-refractivity contribution < 1.29 is 9.53 Å². The van der Waals surface area contributed by atoms with Gasteiger partial charge in [-0.15, -0.1) is 11.3 Å². The number of carbonyl (C=O) groups excluding carboxylic acids is 1. The van der Waals surface area contributed by atoms with E-state index >= 15 is 0 Å². The van der Waals surface area contributed by atoms with Crippen LogP contribution in [-0.2, 0) is 6.42 Å². The Kier molecular flexibility index (Phi) is 5.53. The lowest BCUT2D eigenvalue weighted by Crippen LogP contribution is -2.35. The van der Waals surface area contributed by atoms with Gasteiger partial charge in [0.15, 0.2) is 5.78 Å². The number of carbonyl (C=O) groups is 1. The molecule has 1 atom stereocenters. The van der Waals surface area contributed by atoms with E-state index in [2.05, 4.69) is 17.9 Å². The SMILES string of the molecule is COc1ccccc1CC(C)N(C)CC(=O)c1cccs1. The van der Waals surface area contributed by atoms with Gasteiger partial charge in [0.05, 0.1) is 18.5 Å². The zero-order chi connectivity index (χ0) is 15.2. The molecule has 1 unspecified atom stereocenters. The molecule has 1 aromatic carbocycles. The van der Waals surface area contributed by atoms with Crippen LogP contribution in [0.1, 0.15) is 22.2 Å². The van der Waals surface area contributed by atoms with Crippen LogP contribution < -0.4 is 4.74 Å². The lowest BCUT2D eigenvalue weighted by Gasteiger charge is -2.24. The van der Waals surface area contributed by atoms with Crippen molar-refractivity contribution in [2.45, 2.75) is 19.4 Å². The molecule has 4 heteroatoms. The Morgan fingerprint density at radius 1 is 1.29 bits per heavy atom. The van der Waals surface area contributed by atoms with Crippen molar-refractivity contribution in [2.24, 2.45) is 0 Å². The molecule has 1 aromatic heterocycles. The monoisotopic (exact) mass is 303 g/mol. The molecule has 21 heavy (non-hydrogen) atoms. The van der Waals surface area contributed by atoms with Crippen LogP contribution in [0.25, 0.3) is 0 Å². The first-order chi connectivity index (χ1) is 10.1. The van der Waals surface area contributed by atoms with Crippen molar-refractivity contribution in [3.63, 3.8) is 0 Å². The predicted octanol–water partition coefficient (Wildman–Crippen LogP) is 3.50. The molecule has 0 aliphatic rings. The van der Waals surface area contributed by atoms with E-state index in [-0.39, 0.29) is 11.8 Å². The van der Waals surface area contributed by atoms with Crippen LogP contribution in [0.3, 0.4) is 0 Å². The minimum Gasteiger partial charge on any atom is -0.496 e. The van der Waals surface area contributed by atoms with E-state index in [0.29, 0.717) is 6.54 Å². The maximum atomic E-state index is 12.1. The molecule has 0 N–H and O–H groups in total. The van der Waals surface area contributed by atoms with E-state index in [4.69, 9.17) is 4.74 Å². The molecule has 0 fully saturated rings. The fraction of sp³-hybridized carbons (Fsp3) is 0.353. The first-order valence-electron chi connectivity index (χ1n) is 7.00. The fourth-order valence-electron chi connectivity index (χ4n) is 2.24. The average molecular weight is 303 g/mol. The molecule has 2 rings (SSSR count). The summed E-state index contributed by atoms with van der Waals surface area (Å²) in [6, 6.07) is 12.1. The Balaban J connectivity index is 1.96. The van der Waals surface area contributed by atoms with E-state index in [1.54, 1.807) is 7.11 Å². The number of methoxy groups -OCH3 is 1. The lowest BCUT2D eigenvalue weighted by atomic mass is 10.0. The molecular weight excluding hydrogens is 282 g/mol. The van der Waals surface area contributed by atoms with Gasteiger partial charge < -0.3 is 4.74 Å². The number of rotatable bonds is 7. The number of likely N-dealkylation sites (N-methyl/N-ethyl adjacent to an activating group) is 1. The molecule has 2 aromatic rings. The van der Waals surface area contributed by atoms with Crippen LogP contribution in [0.4, 0.5) is 0 Å². The fourth-order valence-corrected chi connectivity index (χ4v) is 2.90. The highest BCUT2D eigenvalue weighted by molar-refractivity contribution is 7.12. The molecule has 112 valence electrons. The zero-order valence-corrected chi connectivity index (χ0v) is 13.5. The van der Waals surface area contributed by atoms with Crippen molar-refractivity contribution in [3.8, 4) is 5.75 Å². The number of hydrogen-bond acceptors (Lipinski definition) is 4. The topological polar surface area (TPSA) is 29.5 Å². The number of para-hydroxylation sites is 1. The third-order valence-electron chi connectivity index (χ3n) is 3.65. The van der Waals surface area contributed by atoms with Crippen LogP contribution in [0, 0.1) is 0 Å².